The van der Waals surface area contributed by atoms with Crippen LogP contribution in [0.1, 0.15) is 18.4 Å². The molecular weight excluding hydrogens is 262 g/mol. The highest BCUT2D eigenvalue weighted by Crippen LogP contribution is 2.48. The Morgan fingerprint density at radius 2 is 1.55 bits per heavy atom. The molecule has 0 saturated heterocycles. The number of hydrogen-bond donors (Lipinski definition) is 1. The van der Waals surface area contributed by atoms with Crippen molar-refractivity contribution < 1.29 is 18.7 Å². The van der Waals surface area contributed by atoms with Crippen LogP contribution in [0, 0.1) is 11.6 Å². The van der Waals surface area contributed by atoms with Gasteiger partial charge in [0, 0.05) is 0 Å². The number of carboxylic acid groups (broad SMARTS) is 1. The van der Waals surface area contributed by atoms with Crippen molar-refractivity contribution in [1.29, 1.82) is 0 Å². The van der Waals surface area contributed by atoms with Crippen LogP contribution in [0.4, 0.5) is 8.78 Å². The topological polar surface area (TPSA) is 37.3 Å². The number of carboxylic acids is 1. The lowest BCUT2D eigenvalue weighted by atomic mass is 9.94. The van der Waals surface area contributed by atoms with Crippen molar-refractivity contribution in [3.05, 3.63) is 59.7 Å². The zero-order valence-corrected chi connectivity index (χ0v) is 10.6. The first-order chi connectivity index (χ1) is 9.53. The Kier molecular flexibility index (Phi) is 2.82. The van der Waals surface area contributed by atoms with E-state index in [1.807, 2.05) is 0 Å². The average Bonchev–Trinajstić information content (AvgIpc) is 3.24. The number of aliphatic carboxylic acids is 1. The van der Waals surface area contributed by atoms with Crippen LogP contribution in [0.3, 0.4) is 0 Å². The van der Waals surface area contributed by atoms with E-state index in [0.717, 1.165) is 23.3 Å². The second kappa shape index (κ2) is 4.40. The Morgan fingerprint density at radius 3 is 2.05 bits per heavy atom. The fourth-order valence-corrected chi connectivity index (χ4v) is 2.41. The Hall–Kier alpha value is -2.23. The number of hydrogen-bond acceptors (Lipinski definition) is 1. The van der Waals surface area contributed by atoms with Crippen molar-refractivity contribution in [3.8, 4) is 11.1 Å². The van der Waals surface area contributed by atoms with Gasteiger partial charge in [-0.05, 0) is 41.7 Å². The quantitative estimate of drug-likeness (QED) is 0.925. The molecule has 0 heterocycles. The molecular formula is C16H12F2O2. The van der Waals surface area contributed by atoms with E-state index in [4.69, 9.17) is 0 Å². The van der Waals surface area contributed by atoms with Crippen molar-refractivity contribution in [2.75, 3.05) is 0 Å². The molecule has 1 aliphatic rings. The van der Waals surface area contributed by atoms with Gasteiger partial charge in [-0.15, -0.1) is 0 Å². The lowest BCUT2D eigenvalue weighted by molar-refractivity contribution is -0.140. The van der Waals surface area contributed by atoms with Crippen LogP contribution in [0.5, 0.6) is 0 Å². The normalized spacial score (nSPS) is 15.9. The smallest absolute Gasteiger partial charge is 0.314 e. The van der Waals surface area contributed by atoms with E-state index in [-0.39, 0.29) is 0 Å². The van der Waals surface area contributed by atoms with Crippen LogP contribution in [0.15, 0.2) is 42.5 Å². The summed E-state index contributed by atoms with van der Waals surface area (Å²) >= 11 is 0. The van der Waals surface area contributed by atoms with Gasteiger partial charge in [-0.1, -0.05) is 30.3 Å². The van der Waals surface area contributed by atoms with E-state index in [1.165, 1.54) is 6.07 Å². The first-order valence-electron chi connectivity index (χ1n) is 6.32. The van der Waals surface area contributed by atoms with Gasteiger partial charge >= 0.3 is 5.97 Å². The fraction of sp³-hybridized carbons (Fsp3) is 0.188. The highest BCUT2D eigenvalue weighted by molar-refractivity contribution is 5.85. The van der Waals surface area contributed by atoms with Crippen LogP contribution in [0.2, 0.25) is 0 Å². The summed E-state index contributed by atoms with van der Waals surface area (Å²) in [7, 11) is 0. The van der Waals surface area contributed by atoms with Crippen molar-refractivity contribution in [3.63, 3.8) is 0 Å². The summed E-state index contributed by atoms with van der Waals surface area (Å²) in [6, 6.07) is 10.7. The molecule has 4 heteroatoms. The summed E-state index contributed by atoms with van der Waals surface area (Å²) < 4.78 is 26.1. The maximum atomic E-state index is 13.2. The maximum Gasteiger partial charge on any atom is 0.314 e. The number of carbonyl (C=O) groups is 1. The molecule has 102 valence electrons. The molecule has 1 N–H and O–H groups in total. The summed E-state index contributed by atoms with van der Waals surface area (Å²) in [5, 5.41) is 9.22. The van der Waals surface area contributed by atoms with Crippen LogP contribution >= 0.6 is 0 Å². The standard InChI is InChI=1S/C16H12F2O2/c17-13-6-3-11(9-14(13)18)10-1-4-12(5-2-10)16(7-8-16)15(19)20/h1-6,9H,7-8H2,(H,19,20). The van der Waals surface area contributed by atoms with Gasteiger partial charge in [-0.2, -0.15) is 0 Å². The predicted octanol–water partition coefficient (Wildman–Crippen LogP) is 3.75. The third-order valence-corrected chi connectivity index (χ3v) is 3.85. The lowest BCUT2D eigenvalue weighted by Gasteiger charge is -2.11. The molecule has 2 aromatic rings. The van der Waals surface area contributed by atoms with Crippen molar-refractivity contribution in [1.82, 2.24) is 0 Å². The zero-order valence-electron chi connectivity index (χ0n) is 10.6. The van der Waals surface area contributed by atoms with Crippen LogP contribution in [-0.2, 0) is 10.2 Å². The van der Waals surface area contributed by atoms with Crippen molar-refractivity contribution in [2.24, 2.45) is 0 Å². The van der Waals surface area contributed by atoms with E-state index in [1.54, 1.807) is 24.3 Å². The zero-order chi connectivity index (χ0) is 14.3. The third kappa shape index (κ3) is 1.97. The highest BCUT2D eigenvalue weighted by Gasteiger charge is 2.51. The molecule has 2 nitrogen and oxygen atoms in total. The minimum atomic E-state index is -0.893. The summed E-state index contributed by atoms with van der Waals surface area (Å²) in [5.41, 5.74) is 1.31. The van der Waals surface area contributed by atoms with Crippen LogP contribution < -0.4 is 0 Å². The van der Waals surface area contributed by atoms with Crippen LogP contribution in [-0.4, -0.2) is 11.1 Å². The number of rotatable bonds is 3. The molecule has 0 aliphatic heterocycles. The third-order valence-electron chi connectivity index (χ3n) is 3.85. The van der Waals surface area contributed by atoms with Gasteiger partial charge < -0.3 is 5.11 Å². The summed E-state index contributed by atoms with van der Waals surface area (Å²) in [4.78, 5) is 11.2. The minimum absolute atomic E-state index is 0.565. The van der Waals surface area contributed by atoms with E-state index < -0.39 is 23.0 Å². The Labute approximate surface area is 114 Å². The molecule has 1 aliphatic carbocycles. The maximum absolute atomic E-state index is 13.2. The van der Waals surface area contributed by atoms with Gasteiger partial charge in [-0.25, -0.2) is 8.78 Å². The van der Waals surface area contributed by atoms with Gasteiger partial charge in [0.2, 0.25) is 0 Å². The molecule has 0 amide bonds. The monoisotopic (exact) mass is 274 g/mol. The molecule has 0 bridgehead atoms. The molecule has 0 aromatic heterocycles. The van der Waals surface area contributed by atoms with Gasteiger partial charge in [0.25, 0.3) is 0 Å². The van der Waals surface area contributed by atoms with Gasteiger partial charge in [0.1, 0.15) is 0 Å². The summed E-state index contributed by atoms with van der Waals surface area (Å²) in [6.45, 7) is 0. The molecule has 0 radical (unpaired) electrons. The molecule has 20 heavy (non-hydrogen) atoms. The Bertz CT molecular complexity index is 673. The van der Waals surface area contributed by atoms with Gasteiger partial charge in [0.15, 0.2) is 11.6 Å². The molecule has 0 atom stereocenters. The minimum Gasteiger partial charge on any atom is -0.481 e. The fourth-order valence-electron chi connectivity index (χ4n) is 2.41. The van der Waals surface area contributed by atoms with E-state index >= 15 is 0 Å². The van der Waals surface area contributed by atoms with E-state index in [2.05, 4.69) is 0 Å². The number of halogens is 2. The van der Waals surface area contributed by atoms with Crippen LogP contribution in [0.25, 0.3) is 11.1 Å². The van der Waals surface area contributed by atoms with Gasteiger partial charge in [0.05, 0.1) is 5.41 Å². The molecule has 0 unspecified atom stereocenters. The number of benzene rings is 2. The SMILES string of the molecule is O=C(O)C1(c2ccc(-c3ccc(F)c(F)c3)cc2)CC1. The Balaban J connectivity index is 1.93. The second-order valence-electron chi connectivity index (χ2n) is 5.09. The first-order valence-corrected chi connectivity index (χ1v) is 6.32. The lowest BCUT2D eigenvalue weighted by Crippen LogP contribution is -2.19. The molecule has 0 spiro atoms. The first kappa shape index (κ1) is 12.8. The molecule has 2 aromatic carbocycles. The van der Waals surface area contributed by atoms with Crippen molar-refractivity contribution in [2.45, 2.75) is 18.3 Å². The predicted molar refractivity (Wildman–Crippen MR) is 70.3 cm³/mol. The molecule has 3 rings (SSSR count). The van der Waals surface area contributed by atoms with E-state index in [9.17, 15) is 18.7 Å². The van der Waals surface area contributed by atoms with Crippen molar-refractivity contribution >= 4 is 5.97 Å². The summed E-state index contributed by atoms with van der Waals surface area (Å²) in [5.74, 6) is -2.58. The molecule has 1 saturated carbocycles. The van der Waals surface area contributed by atoms with E-state index in [0.29, 0.717) is 18.4 Å². The largest absolute Gasteiger partial charge is 0.481 e. The second-order valence-corrected chi connectivity index (χ2v) is 5.09. The van der Waals surface area contributed by atoms with Gasteiger partial charge in [-0.3, -0.25) is 4.79 Å². The molecule has 1 fully saturated rings. The summed E-state index contributed by atoms with van der Waals surface area (Å²) in [6.07, 6.45) is 1.29. The highest BCUT2D eigenvalue weighted by atomic mass is 19.2. The average molecular weight is 274 g/mol. The Morgan fingerprint density at radius 1 is 0.950 bits per heavy atom.